The van der Waals surface area contributed by atoms with E-state index in [1.807, 2.05) is 12.1 Å². The molecule has 4 aromatic heterocycles. The average Bonchev–Trinajstić information content (AvgIpc) is 3.41. The first-order valence-corrected chi connectivity index (χ1v) is 10.3. The second kappa shape index (κ2) is 9.51. The number of hydrogen-bond donors (Lipinski definition) is 2. The fourth-order valence-electron chi connectivity index (χ4n) is 3.51. The molecule has 9 nitrogen and oxygen atoms in total. The second-order valence-corrected chi connectivity index (χ2v) is 7.52. The van der Waals surface area contributed by atoms with E-state index >= 15 is 0 Å². The van der Waals surface area contributed by atoms with Crippen LogP contribution in [0, 0.1) is 6.92 Å². The number of hydrogen-bond acceptors (Lipinski definition) is 6. The molecule has 2 N–H and O–H groups in total. The SMILES string of the molecule is Cc1nn2ccc(OCc3ccccn3)cc2c1C(=O)NC(CO)Cn1ccnc1C(F)(F)F. The van der Waals surface area contributed by atoms with Crippen LogP contribution >= 0.6 is 0 Å². The quantitative estimate of drug-likeness (QED) is 0.407. The standard InChI is InChI=1S/C22H21F3N6O3/c1-14-19(20(33)28-16(12-32)11-30-9-7-27-21(30)22(23,24)25)18-10-17(5-8-31(18)29-14)34-13-15-4-2-3-6-26-15/h2-10,16,32H,11-13H2,1H3,(H,28,33). The number of ether oxygens (including phenoxy) is 1. The lowest BCUT2D eigenvalue weighted by atomic mass is 10.1. The van der Waals surface area contributed by atoms with Crippen molar-refractivity contribution in [3.8, 4) is 5.75 Å². The highest BCUT2D eigenvalue weighted by Gasteiger charge is 2.36. The maximum Gasteiger partial charge on any atom is 0.449 e. The molecule has 178 valence electrons. The maximum absolute atomic E-state index is 13.1. The molecule has 4 aromatic rings. The van der Waals surface area contributed by atoms with E-state index in [0.29, 0.717) is 17.0 Å². The summed E-state index contributed by atoms with van der Waals surface area (Å²) in [7, 11) is 0. The zero-order valence-corrected chi connectivity index (χ0v) is 18.0. The molecule has 34 heavy (non-hydrogen) atoms. The number of fused-ring (bicyclic) bond motifs is 1. The number of carbonyl (C=O) groups excluding carboxylic acids is 1. The van der Waals surface area contributed by atoms with Gasteiger partial charge in [-0.1, -0.05) is 6.07 Å². The number of carbonyl (C=O) groups is 1. The molecule has 1 unspecified atom stereocenters. The lowest BCUT2D eigenvalue weighted by molar-refractivity contribution is -0.147. The number of aliphatic hydroxyl groups excluding tert-OH is 1. The van der Waals surface area contributed by atoms with Gasteiger partial charge in [-0.05, 0) is 25.1 Å². The highest BCUT2D eigenvalue weighted by Crippen LogP contribution is 2.28. The monoisotopic (exact) mass is 474 g/mol. The van der Waals surface area contributed by atoms with Gasteiger partial charge >= 0.3 is 6.18 Å². The largest absolute Gasteiger partial charge is 0.487 e. The predicted octanol–water partition coefficient (Wildman–Crippen LogP) is 2.62. The molecule has 0 bridgehead atoms. The van der Waals surface area contributed by atoms with Crippen molar-refractivity contribution in [3.05, 3.63) is 77.9 Å². The van der Waals surface area contributed by atoms with Crippen LogP contribution in [0.1, 0.15) is 27.6 Å². The number of amides is 1. The molecule has 0 radical (unpaired) electrons. The molecule has 4 heterocycles. The fraction of sp³-hybridized carbons (Fsp3) is 0.273. The summed E-state index contributed by atoms with van der Waals surface area (Å²) in [4.78, 5) is 20.5. The molecule has 12 heteroatoms. The first-order valence-electron chi connectivity index (χ1n) is 10.3. The number of pyridine rings is 2. The number of nitrogens with one attached hydrogen (secondary N) is 1. The van der Waals surface area contributed by atoms with Crippen molar-refractivity contribution in [1.29, 1.82) is 0 Å². The molecule has 0 aliphatic heterocycles. The van der Waals surface area contributed by atoms with Crippen LogP contribution < -0.4 is 10.1 Å². The molecule has 0 fully saturated rings. The summed E-state index contributed by atoms with van der Waals surface area (Å²) in [5.41, 5.74) is 1.82. The zero-order chi connectivity index (χ0) is 24.3. The molecule has 0 aliphatic carbocycles. The Hall–Kier alpha value is -3.93. The zero-order valence-electron chi connectivity index (χ0n) is 18.0. The van der Waals surface area contributed by atoms with Gasteiger partial charge in [-0.2, -0.15) is 18.3 Å². The summed E-state index contributed by atoms with van der Waals surface area (Å²) >= 11 is 0. The summed E-state index contributed by atoms with van der Waals surface area (Å²) in [6.45, 7) is 0.984. The van der Waals surface area contributed by atoms with Gasteiger partial charge in [0.05, 0.1) is 35.1 Å². The highest BCUT2D eigenvalue weighted by atomic mass is 19.4. The number of alkyl halides is 3. The predicted molar refractivity (Wildman–Crippen MR) is 114 cm³/mol. The van der Waals surface area contributed by atoms with E-state index in [-0.39, 0.29) is 18.7 Å². The number of aliphatic hydroxyl groups is 1. The topological polar surface area (TPSA) is 107 Å². The number of imidazole rings is 1. The van der Waals surface area contributed by atoms with E-state index in [1.165, 1.54) is 4.52 Å². The minimum atomic E-state index is -4.65. The molecular weight excluding hydrogens is 453 g/mol. The van der Waals surface area contributed by atoms with Crippen LogP contribution in [0.15, 0.2) is 55.1 Å². The Labute approximate surface area is 191 Å². The van der Waals surface area contributed by atoms with Crippen LogP contribution in [0.5, 0.6) is 5.75 Å². The first-order chi connectivity index (χ1) is 16.3. The number of aromatic nitrogens is 5. The van der Waals surface area contributed by atoms with Gasteiger partial charge in [0.1, 0.15) is 12.4 Å². The number of aryl methyl sites for hydroxylation is 1. The molecule has 4 rings (SSSR count). The van der Waals surface area contributed by atoms with Gasteiger partial charge in [-0.3, -0.25) is 9.78 Å². The lowest BCUT2D eigenvalue weighted by Gasteiger charge is -2.19. The van der Waals surface area contributed by atoms with Gasteiger partial charge in [0, 0.05) is 37.4 Å². The van der Waals surface area contributed by atoms with Gasteiger partial charge in [0.15, 0.2) is 0 Å². The normalized spacial score (nSPS) is 12.6. The van der Waals surface area contributed by atoms with Gasteiger partial charge in [0.25, 0.3) is 5.91 Å². The van der Waals surface area contributed by atoms with Gasteiger partial charge < -0.3 is 19.7 Å². The fourth-order valence-corrected chi connectivity index (χ4v) is 3.51. The number of rotatable bonds is 8. The van der Waals surface area contributed by atoms with E-state index in [2.05, 4.69) is 20.4 Å². The second-order valence-electron chi connectivity index (χ2n) is 7.52. The van der Waals surface area contributed by atoms with E-state index in [0.717, 1.165) is 22.7 Å². The minimum Gasteiger partial charge on any atom is -0.487 e. The van der Waals surface area contributed by atoms with Crippen LogP contribution in [-0.4, -0.2) is 47.8 Å². The van der Waals surface area contributed by atoms with Crippen molar-refractivity contribution < 1.29 is 27.8 Å². The number of halogens is 3. The van der Waals surface area contributed by atoms with Crippen molar-refractivity contribution in [2.24, 2.45) is 0 Å². The Morgan fingerprint density at radius 1 is 1.21 bits per heavy atom. The van der Waals surface area contributed by atoms with Crippen LogP contribution in [0.4, 0.5) is 13.2 Å². The highest BCUT2D eigenvalue weighted by molar-refractivity contribution is 6.02. The Morgan fingerprint density at radius 2 is 2.03 bits per heavy atom. The third-order valence-electron chi connectivity index (χ3n) is 5.06. The van der Waals surface area contributed by atoms with Gasteiger partial charge in [0.2, 0.25) is 5.82 Å². The average molecular weight is 474 g/mol. The number of nitrogens with zero attached hydrogens (tertiary/aromatic N) is 5. The van der Waals surface area contributed by atoms with Crippen molar-refractivity contribution in [3.63, 3.8) is 0 Å². The molecule has 0 aliphatic rings. The summed E-state index contributed by atoms with van der Waals surface area (Å²) in [6, 6.07) is 7.81. The molecule has 0 saturated carbocycles. The van der Waals surface area contributed by atoms with E-state index in [4.69, 9.17) is 4.74 Å². The Balaban J connectivity index is 1.53. The van der Waals surface area contributed by atoms with Crippen LogP contribution in [0.2, 0.25) is 0 Å². The molecule has 1 amide bonds. The van der Waals surface area contributed by atoms with Crippen LogP contribution in [0.3, 0.4) is 0 Å². The summed E-state index contributed by atoms with van der Waals surface area (Å²) < 4.78 is 47.4. The molecule has 1 atom stereocenters. The van der Waals surface area contributed by atoms with E-state index in [1.54, 1.807) is 37.5 Å². The Morgan fingerprint density at radius 3 is 2.74 bits per heavy atom. The first kappa shape index (κ1) is 23.2. The minimum absolute atomic E-state index is 0.225. The summed E-state index contributed by atoms with van der Waals surface area (Å²) in [6.07, 6.45) is 0.795. The van der Waals surface area contributed by atoms with Crippen LogP contribution in [-0.2, 0) is 19.3 Å². The van der Waals surface area contributed by atoms with E-state index < -0.39 is 30.6 Å². The smallest absolute Gasteiger partial charge is 0.449 e. The van der Waals surface area contributed by atoms with E-state index in [9.17, 15) is 23.1 Å². The Bertz CT molecular complexity index is 1290. The van der Waals surface area contributed by atoms with Crippen LogP contribution in [0.25, 0.3) is 5.52 Å². The molecule has 0 spiro atoms. The van der Waals surface area contributed by atoms with Crippen molar-refractivity contribution in [2.45, 2.75) is 32.3 Å². The maximum atomic E-state index is 13.1. The lowest BCUT2D eigenvalue weighted by Crippen LogP contribution is -2.41. The summed E-state index contributed by atoms with van der Waals surface area (Å²) in [5, 5.41) is 16.6. The van der Waals surface area contributed by atoms with Gasteiger partial charge in [-0.15, -0.1) is 0 Å². The van der Waals surface area contributed by atoms with Crippen molar-refractivity contribution >= 4 is 11.4 Å². The molecular formula is C22H21F3N6O3. The van der Waals surface area contributed by atoms with Crippen molar-refractivity contribution in [2.75, 3.05) is 6.61 Å². The summed E-state index contributed by atoms with van der Waals surface area (Å²) in [5.74, 6) is -1.21. The molecule has 0 aromatic carbocycles. The Kier molecular flexibility index (Phi) is 6.50. The third kappa shape index (κ3) is 5.01. The van der Waals surface area contributed by atoms with Gasteiger partial charge in [-0.25, -0.2) is 9.50 Å². The van der Waals surface area contributed by atoms with Crippen molar-refractivity contribution in [1.82, 2.24) is 29.5 Å². The molecule has 0 saturated heterocycles. The third-order valence-corrected chi connectivity index (χ3v) is 5.06.